The molecule has 1 aromatic rings. The van der Waals surface area contributed by atoms with E-state index in [-0.39, 0.29) is 6.04 Å². The van der Waals surface area contributed by atoms with Gasteiger partial charge in [0.15, 0.2) is 0 Å². The summed E-state index contributed by atoms with van der Waals surface area (Å²) in [5.41, 5.74) is 7.08. The first-order valence-corrected chi connectivity index (χ1v) is 8.25. The third-order valence-corrected chi connectivity index (χ3v) is 4.59. The van der Waals surface area contributed by atoms with E-state index in [0.717, 1.165) is 28.8 Å². The van der Waals surface area contributed by atoms with Crippen LogP contribution >= 0.6 is 15.9 Å². The summed E-state index contributed by atoms with van der Waals surface area (Å²) < 4.78 is 7.02. The van der Waals surface area contributed by atoms with E-state index >= 15 is 0 Å². The van der Waals surface area contributed by atoms with Gasteiger partial charge in [0.1, 0.15) is 5.75 Å². The summed E-state index contributed by atoms with van der Waals surface area (Å²) in [6.07, 6.45) is 5.05. The van der Waals surface area contributed by atoms with Crippen LogP contribution in [-0.2, 0) is 0 Å². The minimum atomic E-state index is -0.0140. The number of hydrogen-bond acceptors (Lipinski definition) is 3. The van der Waals surface area contributed by atoms with E-state index in [1.807, 2.05) is 25.1 Å². The second kappa shape index (κ2) is 7.43. The summed E-state index contributed by atoms with van der Waals surface area (Å²) in [6, 6.07) is 6.71. The van der Waals surface area contributed by atoms with E-state index in [1.54, 1.807) is 0 Å². The molecule has 3 nitrogen and oxygen atoms in total. The van der Waals surface area contributed by atoms with Crippen molar-refractivity contribution in [1.29, 1.82) is 0 Å². The van der Waals surface area contributed by atoms with Crippen LogP contribution in [-0.4, -0.2) is 31.1 Å². The SMILES string of the molecule is C[C@@H](N)c1cc(Br)ccc1OCCC1CCCCN1C. The first-order valence-electron chi connectivity index (χ1n) is 7.46. The summed E-state index contributed by atoms with van der Waals surface area (Å²) in [7, 11) is 2.22. The predicted molar refractivity (Wildman–Crippen MR) is 87.1 cm³/mol. The summed E-state index contributed by atoms with van der Waals surface area (Å²) in [6.45, 7) is 3.97. The molecule has 0 spiro atoms. The lowest BCUT2D eigenvalue weighted by molar-refractivity contribution is 0.152. The van der Waals surface area contributed by atoms with Gasteiger partial charge in [-0.15, -0.1) is 0 Å². The normalized spacial score (nSPS) is 21.7. The van der Waals surface area contributed by atoms with Crippen molar-refractivity contribution in [3.8, 4) is 5.75 Å². The number of piperidine rings is 1. The van der Waals surface area contributed by atoms with Gasteiger partial charge in [0.25, 0.3) is 0 Å². The number of likely N-dealkylation sites (tertiary alicyclic amines) is 1. The third kappa shape index (κ3) is 4.21. The molecule has 0 aromatic heterocycles. The van der Waals surface area contributed by atoms with Gasteiger partial charge in [0.05, 0.1) is 6.61 Å². The van der Waals surface area contributed by atoms with Crippen LogP contribution in [0.15, 0.2) is 22.7 Å². The topological polar surface area (TPSA) is 38.5 Å². The second-order valence-electron chi connectivity index (χ2n) is 5.74. The molecule has 2 atom stereocenters. The van der Waals surface area contributed by atoms with Crippen molar-refractivity contribution in [2.45, 2.75) is 44.7 Å². The zero-order valence-corrected chi connectivity index (χ0v) is 14.0. The molecule has 0 amide bonds. The maximum atomic E-state index is 6.01. The van der Waals surface area contributed by atoms with Crippen molar-refractivity contribution in [2.75, 3.05) is 20.2 Å². The van der Waals surface area contributed by atoms with E-state index in [1.165, 1.54) is 25.8 Å². The first-order chi connectivity index (χ1) is 9.58. The van der Waals surface area contributed by atoms with Gasteiger partial charge in [-0.3, -0.25) is 0 Å². The highest BCUT2D eigenvalue weighted by molar-refractivity contribution is 9.10. The van der Waals surface area contributed by atoms with Crippen LogP contribution in [0.1, 0.15) is 44.2 Å². The Hall–Kier alpha value is -0.580. The van der Waals surface area contributed by atoms with Crippen LogP contribution in [0.2, 0.25) is 0 Å². The maximum absolute atomic E-state index is 6.01. The fraction of sp³-hybridized carbons (Fsp3) is 0.625. The highest BCUT2D eigenvalue weighted by Gasteiger charge is 2.18. The second-order valence-corrected chi connectivity index (χ2v) is 6.65. The predicted octanol–water partition coefficient (Wildman–Crippen LogP) is 3.72. The van der Waals surface area contributed by atoms with E-state index in [9.17, 15) is 0 Å². The number of ether oxygens (including phenoxy) is 1. The van der Waals surface area contributed by atoms with Crippen molar-refractivity contribution in [1.82, 2.24) is 4.90 Å². The maximum Gasteiger partial charge on any atom is 0.124 e. The molecule has 1 saturated heterocycles. The summed E-state index contributed by atoms with van der Waals surface area (Å²) in [5, 5.41) is 0. The Labute approximate surface area is 130 Å². The molecule has 1 fully saturated rings. The number of nitrogens with zero attached hydrogens (tertiary/aromatic N) is 1. The quantitative estimate of drug-likeness (QED) is 0.887. The average Bonchev–Trinajstić information content (AvgIpc) is 2.42. The van der Waals surface area contributed by atoms with Gasteiger partial charge >= 0.3 is 0 Å². The van der Waals surface area contributed by atoms with Gasteiger partial charge in [0.2, 0.25) is 0 Å². The summed E-state index contributed by atoms with van der Waals surface area (Å²) >= 11 is 3.49. The number of halogens is 1. The molecule has 20 heavy (non-hydrogen) atoms. The number of hydrogen-bond donors (Lipinski definition) is 1. The number of benzene rings is 1. The molecule has 1 unspecified atom stereocenters. The Bertz CT molecular complexity index is 436. The van der Waals surface area contributed by atoms with E-state index < -0.39 is 0 Å². The molecule has 1 aliphatic rings. The van der Waals surface area contributed by atoms with Crippen molar-refractivity contribution in [2.24, 2.45) is 5.73 Å². The highest BCUT2D eigenvalue weighted by Crippen LogP contribution is 2.28. The Morgan fingerprint density at radius 1 is 1.45 bits per heavy atom. The van der Waals surface area contributed by atoms with Crippen LogP contribution in [0.4, 0.5) is 0 Å². The van der Waals surface area contributed by atoms with E-state index in [4.69, 9.17) is 10.5 Å². The van der Waals surface area contributed by atoms with Gasteiger partial charge in [-0.05, 0) is 58.0 Å². The molecule has 0 aliphatic carbocycles. The van der Waals surface area contributed by atoms with Crippen molar-refractivity contribution < 1.29 is 4.74 Å². The largest absolute Gasteiger partial charge is 0.493 e. The molecule has 112 valence electrons. The smallest absolute Gasteiger partial charge is 0.124 e. The highest BCUT2D eigenvalue weighted by atomic mass is 79.9. The van der Waals surface area contributed by atoms with Crippen LogP contribution in [0, 0.1) is 0 Å². The lowest BCUT2D eigenvalue weighted by atomic mass is 10.0. The van der Waals surface area contributed by atoms with Crippen LogP contribution in [0.5, 0.6) is 5.75 Å². The van der Waals surface area contributed by atoms with E-state index in [0.29, 0.717) is 6.04 Å². The average molecular weight is 341 g/mol. The molecule has 1 aromatic carbocycles. The molecule has 1 aliphatic heterocycles. The van der Waals surface area contributed by atoms with Gasteiger partial charge in [-0.2, -0.15) is 0 Å². The Morgan fingerprint density at radius 2 is 2.25 bits per heavy atom. The fourth-order valence-electron chi connectivity index (χ4n) is 2.82. The summed E-state index contributed by atoms with van der Waals surface area (Å²) in [4.78, 5) is 2.46. The van der Waals surface area contributed by atoms with Gasteiger partial charge in [0, 0.05) is 22.1 Å². The molecule has 1 heterocycles. The minimum absolute atomic E-state index is 0.0140. The van der Waals surface area contributed by atoms with Crippen molar-refractivity contribution in [3.05, 3.63) is 28.2 Å². The third-order valence-electron chi connectivity index (χ3n) is 4.09. The molecular formula is C16H25BrN2O. The van der Waals surface area contributed by atoms with Crippen LogP contribution in [0.3, 0.4) is 0 Å². The van der Waals surface area contributed by atoms with Crippen LogP contribution < -0.4 is 10.5 Å². The Kier molecular flexibility index (Phi) is 5.87. The van der Waals surface area contributed by atoms with Crippen LogP contribution in [0.25, 0.3) is 0 Å². The number of rotatable bonds is 5. The van der Waals surface area contributed by atoms with Crippen molar-refractivity contribution >= 4 is 15.9 Å². The minimum Gasteiger partial charge on any atom is -0.493 e. The van der Waals surface area contributed by atoms with E-state index in [2.05, 4.69) is 27.9 Å². The van der Waals surface area contributed by atoms with Gasteiger partial charge in [-0.1, -0.05) is 22.4 Å². The first kappa shape index (κ1) is 15.8. The Balaban J connectivity index is 1.90. The molecule has 2 rings (SSSR count). The zero-order chi connectivity index (χ0) is 14.5. The van der Waals surface area contributed by atoms with Crippen molar-refractivity contribution in [3.63, 3.8) is 0 Å². The molecule has 4 heteroatoms. The number of nitrogens with two attached hydrogens (primary N) is 1. The van der Waals surface area contributed by atoms with Gasteiger partial charge < -0.3 is 15.4 Å². The molecular weight excluding hydrogens is 316 g/mol. The molecule has 2 N–H and O–H groups in total. The summed E-state index contributed by atoms with van der Waals surface area (Å²) in [5.74, 6) is 0.918. The monoisotopic (exact) mass is 340 g/mol. The fourth-order valence-corrected chi connectivity index (χ4v) is 3.20. The molecule has 0 radical (unpaired) electrons. The zero-order valence-electron chi connectivity index (χ0n) is 12.4. The lowest BCUT2D eigenvalue weighted by Gasteiger charge is -2.32. The Morgan fingerprint density at radius 3 is 2.95 bits per heavy atom. The molecule has 0 bridgehead atoms. The molecule has 0 saturated carbocycles. The lowest BCUT2D eigenvalue weighted by Crippen LogP contribution is -2.37. The van der Waals surface area contributed by atoms with Gasteiger partial charge in [-0.25, -0.2) is 0 Å². The standard InChI is InChI=1S/C16H25BrN2O/c1-12(18)15-11-13(17)6-7-16(15)20-10-8-14-5-3-4-9-19(14)2/h6-7,11-12,14H,3-5,8-10,18H2,1-2H3/t12-,14?/m1/s1.